The van der Waals surface area contributed by atoms with E-state index in [2.05, 4.69) is 10.5 Å². The van der Waals surface area contributed by atoms with Gasteiger partial charge < -0.3 is 9.84 Å². The standard InChI is InChI=1S/C16H13ClN2O4S/c1-24(21,22)15-8-11(7-14-12(15)9-18-23-14)19-16(20)6-10-4-2-3-5-13(10)17/h2-5,7-9H,6H2,1H3,(H,19,20). The number of benzene rings is 2. The predicted molar refractivity (Wildman–Crippen MR) is 90.9 cm³/mol. The summed E-state index contributed by atoms with van der Waals surface area (Å²) in [4.78, 5) is 12.3. The Hall–Kier alpha value is -2.38. The lowest BCUT2D eigenvalue weighted by atomic mass is 10.1. The summed E-state index contributed by atoms with van der Waals surface area (Å²) in [6.07, 6.45) is 2.49. The molecular formula is C16H13ClN2O4S. The molecule has 0 aliphatic carbocycles. The van der Waals surface area contributed by atoms with E-state index in [4.69, 9.17) is 16.1 Å². The fraction of sp³-hybridized carbons (Fsp3) is 0.125. The van der Waals surface area contributed by atoms with Gasteiger partial charge in [0.1, 0.15) is 0 Å². The van der Waals surface area contributed by atoms with E-state index in [0.29, 0.717) is 21.7 Å². The second kappa shape index (κ2) is 6.26. The summed E-state index contributed by atoms with van der Waals surface area (Å²) >= 11 is 6.04. The second-order valence-electron chi connectivity index (χ2n) is 5.30. The van der Waals surface area contributed by atoms with Crippen molar-refractivity contribution in [2.45, 2.75) is 11.3 Å². The lowest BCUT2D eigenvalue weighted by Crippen LogP contribution is -2.15. The van der Waals surface area contributed by atoms with E-state index in [0.717, 1.165) is 6.26 Å². The van der Waals surface area contributed by atoms with Crippen LogP contribution < -0.4 is 5.32 Å². The van der Waals surface area contributed by atoms with Gasteiger partial charge in [-0.05, 0) is 17.7 Å². The van der Waals surface area contributed by atoms with E-state index in [9.17, 15) is 13.2 Å². The van der Waals surface area contributed by atoms with Gasteiger partial charge in [0.2, 0.25) is 5.91 Å². The van der Waals surface area contributed by atoms with Gasteiger partial charge in [0.05, 0.1) is 22.9 Å². The molecule has 1 aromatic heterocycles. The number of hydrogen-bond acceptors (Lipinski definition) is 5. The Kier molecular flexibility index (Phi) is 4.29. The van der Waals surface area contributed by atoms with Crippen molar-refractivity contribution in [2.75, 3.05) is 11.6 Å². The molecule has 3 rings (SSSR count). The number of fused-ring (bicyclic) bond motifs is 1. The molecule has 1 amide bonds. The second-order valence-corrected chi connectivity index (χ2v) is 7.69. The van der Waals surface area contributed by atoms with Crippen LogP contribution in [-0.2, 0) is 21.1 Å². The van der Waals surface area contributed by atoms with Gasteiger partial charge in [-0.15, -0.1) is 0 Å². The number of halogens is 1. The Labute approximate surface area is 143 Å². The molecular weight excluding hydrogens is 352 g/mol. The van der Waals surface area contributed by atoms with Crippen LogP contribution in [0, 0.1) is 0 Å². The number of sulfone groups is 1. The average Bonchev–Trinajstić information content (AvgIpc) is 2.96. The van der Waals surface area contributed by atoms with Crippen LogP contribution in [0.5, 0.6) is 0 Å². The molecule has 1 N–H and O–H groups in total. The van der Waals surface area contributed by atoms with E-state index < -0.39 is 9.84 Å². The Bertz CT molecular complexity index is 1030. The molecule has 0 bridgehead atoms. The molecule has 0 aliphatic rings. The number of amides is 1. The minimum atomic E-state index is -3.50. The SMILES string of the molecule is CS(=O)(=O)c1cc(NC(=O)Cc2ccccc2Cl)cc2oncc12. The molecule has 1 heterocycles. The summed E-state index contributed by atoms with van der Waals surface area (Å²) in [5.41, 5.74) is 1.28. The van der Waals surface area contributed by atoms with E-state index in [1.54, 1.807) is 24.3 Å². The molecule has 0 saturated carbocycles. The van der Waals surface area contributed by atoms with Crippen molar-refractivity contribution in [2.24, 2.45) is 0 Å². The van der Waals surface area contributed by atoms with Crippen LogP contribution in [0.3, 0.4) is 0 Å². The van der Waals surface area contributed by atoms with Crippen LogP contribution in [-0.4, -0.2) is 25.7 Å². The molecule has 2 aromatic carbocycles. The smallest absolute Gasteiger partial charge is 0.228 e. The number of carbonyl (C=O) groups is 1. The first-order valence-electron chi connectivity index (χ1n) is 6.96. The molecule has 124 valence electrons. The highest BCUT2D eigenvalue weighted by molar-refractivity contribution is 7.91. The predicted octanol–water partition coefficient (Wildman–Crippen LogP) is 3.07. The van der Waals surface area contributed by atoms with Gasteiger partial charge in [-0.3, -0.25) is 4.79 Å². The van der Waals surface area contributed by atoms with Crippen molar-refractivity contribution in [3.63, 3.8) is 0 Å². The minimum Gasteiger partial charge on any atom is -0.356 e. The molecule has 8 heteroatoms. The van der Waals surface area contributed by atoms with Gasteiger partial charge in [0.25, 0.3) is 0 Å². The Morgan fingerprint density at radius 2 is 2.04 bits per heavy atom. The Morgan fingerprint density at radius 3 is 2.75 bits per heavy atom. The maximum Gasteiger partial charge on any atom is 0.228 e. The van der Waals surface area contributed by atoms with Crippen LogP contribution in [0.2, 0.25) is 5.02 Å². The zero-order valence-corrected chi connectivity index (χ0v) is 14.2. The first kappa shape index (κ1) is 16.5. The molecule has 0 spiro atoms. The summed E-state index contributed by atoms with van der Waals surface area (Å²) in [5, 5.41) is 7.14. The number of nitrogens with zero attached hydrogens (tertiary/aromatic N) is 1. The molecule has 0 radical (unpaired) electrons. The molecule has 0 atom stereocenters. The number of anilines is 1. The zero-order chi connectivity index (χ0) is 17.3. The minimum absolute atomic E-state index is 0.0503. The lowest BCUT2D eigenvalue weighted by Gasteiger charge is -2.08. The first-order valence-corrected chi connectivity index (χ1v) is 9.23. The highest BCUT2D eigenvalue weighted by Crippen LogP contribution is 2.27. The third-order valence-electron chi connectivity index (χ3n) is 3.43. The normalized spacial score (nSPS) is 11.6. The summed E-state index contributed by atoms with van der Waals surface area (Å²) in [5.74, 6) is -0.318. The van der Waals surface area contributed by atoms with E-state index in [-0.39, 0.29) is 22.8 Å². The van der Waals surface area contributed by atoms with E-state index >= 15 is 0 Å². The van der Waals surface area contributed by atoms with Crippen LogP contribution in [0.4, 0.5) is 5.69 Å². The van der Waals surface area contributed by atoms with Crippen LogP contribution in [0.1, 0.15) is 5.56 Å². The van der Waals surface area contributed by atoms with Crippen molar-refractivity contribution in [3.8, 4) is 0 Å². The highest BCUT2D eigenvalue weighted by Gasteiger charge is 2.17. The average molecular weight is 365 g/mol. The molecule has 6 nitrogen and oxygen atoms in total. The van der Waals surface area contributed by atoms with Crippen molar-refractivity contribution in [1.82, 2.24) is 5.16 Å². The van der Waals surface area contributed by atoms with Crippen LogP contribution in [0.15, 0.2) is 52.0 Å². The lowest BCUT2D eigenvalue weighted by molar-refractivity contribution is -0.115. The van der Waals surface area contributed by atoms with Gasteiger partial charge >= 0.3 is 0 Å². The molecule has 3 aromatic rings. The van der Waals surface area contributed by atoms with Crippen molar-refractivity contribution >= 4 is 44.0 Å². The molecule has 0 saturated heterocycles. The monoisotopic (exact) mass is 364 g/mol. The van der Waals surface area contributed by atoms with Gasteiger partial charge in [0.15, 0.2) is 15.4 Å². The number of rotatable bonds is 4. The van der Waals surface area contributed by atoms with Gasteiger partial charge in [-0.25, -0.2) is 8.42 Å². The van der Waals surface area contributed by atoms with Gasteiger partial charge in [-0.2, -0.15) is 0 Å². The number of nitrogens with one attached hydrogen (secondary N) is 1. The topological polar surface area (TPSA) is 89.3 Å². The van der Waals surface area contributed by atoms with Crippen molar-refractivity contribution in [1.29, 1.82) is 0 Å². The van der Waals surface area contributed by atoms with Crippen molar-refractivity contribution < 1.29 is 17.7 Å². The maximum atomic E-state index is 12.2. The van der Waals surface area contributed by atoms with Crippen LogP contribution >= 0.6 is 11.6 Å². The van der Waals surface area contributed by atoms with E-state index in [1.807, 2.05) is 0 Å². The molecule has 0 fully saturated rings. The van der Waals surface area contributed by atoms with Gasteiger partial charge in [-0.1, -0.05) is 35.0 Å². The summed E-state index contributed by atoms with van der Waals surface area (Å²) < 4.78 is 28.9. The first-order chi connectivity index (χ1) is 11.3. The molecule has 24 heavy (non-hydrogen) atoms. The zero-order valence-electron chi connectivity index (χ0n) is 12.6. The maximum absolute atomic E-state index is 12.2. The Morgan fingerprint density at radius 1 is 1.29 bits per heavy atom. The fourth-order valence-corrected chi connectivity index (χ4v) is 3.43. The summed E-state index contributed by atoms with van der Waals surface area (Å²) in [6, 6.07) is 9.94. The number of carbonyl (C=O) groups excluding carboxylic acids is 1. The van der Waals surface area contributed by atoms with Gasteiger partial charge in [0, 0.05) is 23.0 Å². The van der Waals surface area contributed by atoms with E-state index in [1.165, 1.54) is 18.3 Å². The fourth-order valence-electron chi connectivity index (χ4n) is 2.34. The van der Waals surface area contributed by atoms with Crippen molar-refractivity contribution in [3.05, 3.63) is 53.2 Å². The summed E-state index contributed by atoms with van der Waals surface area (Å²) in [6.45, 7) is 0. The largest absolute Gasteiger partial charge is 0.356 e. The molecule has 0 unspecified atom stereocenters. The molecule has 0 aliphatic heterocycles. The number of aromatic nitrogens is 1. The quantitative estimate of drug-likeness (QED) is 0.768. The third-order valence-corrected chi connectivity index (χ3v) is 4.93. The summed E-state index contributed by atoms with van der Waals surface area (Å²) in [7, 11) is -3.50. The number of hydrogen-bond donors (Lipinski definition) is 1. The highest BCUT2D eigenvalue weighted by atomic mass is 35.5. The third kappa shape index (κ3) is 3.42. The Balaban J connectivity index is 1.90. The van der Waals surface area contributed by atoms with Crippen LogP contribution in [0.25, 0.3) is 11.0 Å².